The van der Waals surface area contributed by atoms with E-state index in [0.717, 1.165) is 11.3 Å². The van der Waals surface area contributed by atoms with E-state index in [9.17, 15) is 0 Å². The fraction of sp³-hybridized carbons (Fsp3) is 0.364. The number of ether oxygens (including phenoxy) is 1. The van der Waals surface area contributed by atoms with Crippen molar-refractivity contribution in [1.29, 1.82) is 0 Å². The second-order valence-electron chi connectivity index (χ2n) is 2.78. The number of hydrogen-bond acceptors (Lipinski definition) is 1. The van der Waals surface area contributed by atoms with Crippen LogP contribution in [0.3, 0.4) is 0 Å². The lowest BCUT2D eigenvalue weighted by atomic mass is 10.1. The second-order valence-corrected chi connectivity index (χ2v) is 2.78. The molecule has 1 aromatic carbocycles. The van der Waals surface area contributed by atoms with Gasteiger partial charge in [-0.15, -0.1) is 0 Å². The summed E-state index contributed by atoms with van der Waals surface area (Å²) in [6, 6.07) is 7.57. The van der Waals surface area contributed by atoms with Crippen LogP contribution in [0, 0.1) is 6.57 Å². The van der Waals surface area contributed by atoms with E-state index in [1.54, 1.807) is 0 Å². The molecular weight excluding hydrogens is 162 g/mol. The molecule has 0 bridgehead atoms. The fourth-order valence-corrected chi connectivity index (χ4v) is 1.18. The summed E-state index contributed by atoms with van der Waals surface area (Å²) in [6.07, 6.45) is 0. The highest BCUT2D eigenvalue weighted by molar-refractivity contribution is 5.36. The van der Waals surface area contributed by atoms with Crippen LogP contribution in [0.4, 0.5) is 0 Å². The van der Waals surface area contributed by atoms with Gasteiger partial charge >= 0.3 is 0 Å². The molecule has 1 rings (SSSR count). The van der Waals surface area contributed by atoms with E-state index in [4.69, 9.17) is 11.3 Å². The zero-order valence-corrected chi connectivity index (χ0v) is 7.95. The van der Waals surface area contributed by atoms with Crippen molar-refractivity contribution in [2.24, 2.45) is 0 Å². The minimum Gasteiger partial charge on any atom is -0.493 e. The van der Waals surface area contributed by atoms with Crippen LogP contribution in [0.1, 0.15) is 25.5 Å². The number of benzene rings is 1. The first-order chi connectivity index (χ1) is 6.29. The second kappa shape index (κ2) is 4.51. The molecule has 0 radical (unpaired) electrons. The Morgan fingerprint density at radius 1 is 1.46 bits per heavy atom. The number of rotatable bonds is 3. The molecule has 0 aromatic heterocycles. The summed E-state index contributed by atoms with van der Waals surface area (Å²) in [4.78, 5) is 3.47. The van der Waals surface area contributed by atoms with Crippen molar-refractivity contribution in [2.75, 3.05) is 6.61 Å². The summed E-state index contributed by atoms with van der Waals surface area (Å²) >= 11 is 0. The molecule has 0 aliphatic heterocycles. The minimum atomic E-state index is -0.122. The van der Waals surface area contributed by atoms with Gasteiger partial charge in [-0.3, -0.25) is 0 Å². The Balaban J connectivity index is 2.98. The van der Waals surface area contributed by atoms with E-state index in [1.807, 2.05) is 38.1 Å². The van der Waals surface area contributed by atoms with Gasteiger partial charge in [0.05, 0.1) is 12.2 Å². The average molecular weight is 175 g/mol. The molecule has 0 amide bonds. The largest absolute Gasteiger partial charge is 0.493 e. The molecule has 0 fully saturated rings. The average Bonchev–Trinajstić information content (AvgIpc) is 2.18. The summed E-state index contributed by atoms with van der Waals surface area (Å²) < 4.78 is 5.42. The third-order valence-electron chi connectivity index (χ3n) is 1.86. The number of hydrogen-bond donors (Lipinski definition) is 0. The molecule has 0 saturated heterocycles. The first-order valence-electron chi connectivity index (χ1n) is 4.38. The van der Waals surface area contributed by atoms with E-state index in [2.05, 4.69) is 4.85 Å². The molecule has 1 atom stereocenters. The SMILES string of the molecule is [C-]#[N+]C(C)c1ccccc1OCC. The van der Waals surface area contributed by atoms with Gasteiger partial charge < -0.3 is 9.58 Å². The molecule has 0 heterocycles. The molecule has 13 heavy (non-hydrogen) atoms. The Bertz CT molecular complexity index is 314. The Hall–Kier alpha value is -1.49. The van der Waals surface area contributed by atoms with Crippen molar-refractivity contribution in [3.8, 4) is 5.75 Å². The highest BCUT2D eigenvalue weighted by Gasteiger charge is 2.13. The highest BCUT2D eigenvalue weighted by Crippen LogP contribution is 2.26. The molecule has 0 saturated carbocycles. The van der Waals surface area contributed by atoms with Crippen molar-refractivity contribution in [3.05, 3.63) is 41.2 Å². The van der Waals surface area contributed by atoms with Gasteiger partial charge in [0.1, 0.15) is 5.75 Å². The van der Waals surface area contributed by atoms with Crippen LogP contribution in [-0.4, -0.2) is 6.61 Å². The third-order valence-corrected chi connectivity index (χ3v) is 1.86. The fourth-order valence-electron chi connectivity index (χ4n) is 1.18. The van der Waals surface area contributed by atoms with Crippen molar-refractivity contribution < 1.29 is 4.74 Å². The van der Waals surface area contributed by atoms with Gasteiger partial charge in [0.15, 0.2) is 0 Å². The van der Waals surface area contributed by atoms with Crippen LogP contribution in [0.2, 0.25) is 0 Å². The molecular formula is C11H13NO. The molecule has 1 aromatic rings. The van der Waals surface area contributed by atoms with E-state index in [1.165, 1.54) is 0 Å². The maximum atomic E-state index is 6.94. The third kappa shape index (κ3) is 2.22. The Kier molecular flexibility index (Phi) is 3.33. The molecule has 0 N–H and O–H groups in total. The lowest BCUT2D eigenvalue weighted by Crippen LogP contribution is -1.97. The van der Waals surface area contributed by atoms with Crippen molar-refractivity contribution in [3.63, 3.8) is 0 Å². The van der Waals surface area contributed by atoms with E-state index >= 15 is 0 Å². The smallest absolute Gasteiger partial charge is 0.249 e. The molecule has 1 unspecified atom stereocenters. The zero-order valence-electron chi connectivity index (χ0n) is 7.95. The van der Waals surface area contributed by atoms with Crippen LogP contribution in [0.25, 0.3) is 4.85 Å². The standard InChI is InChI=1S/C11H13NO/c1-4-13-11-8-6-5-7-10(11)9(2)12-3/h5-9H,4H2,1-2H3. The normalized spacial score (nSPS) is 11.8. The Labute approximate surface area is 79.0 Å². The molecule has 2 heteroatoms. The van der Waals surface area contributed by atoms with Gasteiger partial charge in [0.2, 0.25) is 6.04 Å². The monoisotopic (exact) mass is 175 g/mol. The Morgan fingerprint density at radius 3 is 2.77 bits per heavy atom. The number of nitrogens with zero attached hydrogens (tertiary/aromatic N) is 1. The van der Waals surface area contributed by atoms with Crippen molar-refractivity contribution >= 4 is 0 Å². The molecule has 0 aliphatic rings. The van der Waals surface area contributed by atoms with Crippen LogP contribution in [0.15, 0.2) is 24.3 Å². The maximum absolute atomic E-state index is 6.94. The highest BCUT2D eigenvalue weighted by atomic mass is 16.5. The predicted molar refractivity (Wildman–Crippen MR) is 52.6 cm³/mol. The molecule has 0 aliphatic carbocycles. The van der Waals surface area contributed by atoms with Crippen LogP contribution in [-0.2, 0) is 0 Å². The van der Waals surface area contributed by atoms with Crippen LogP contribution < -0.4 is 4.74 Å². The predicted octanol–water partition coefficient (Wildman–Crippen LogP) is 3.07. The molecule has 0 spiro atoms. The summed E-state index contributed by atoms with van der Waals surface area (Å²) in [5, 5.41) is 0. The molecule has 2 nitrogen and oxygen atoms in total. The van der Waals surface area contributed by atoms with E-state index in [-0.39, 0.29) is 6.04 Å². The topological polar surface area (TPSA) is 13.6 Å². The summed E-state index contributed by atoms with van der Waals surface area (Å²) in [5.74, 6) is 0.827. The van der Waals surface area contributed by atoms with Crippen LogP contribution in [0.5, 0.6) is 5.75 Å². The van der Waals surface area contributed by atoms with Crippen LogP contribution >= 0.6 is 0 Å². The quantitative estimate of drug-likeness (QED) is 0.644. The van der Waals surface area contributed by atoms with Gasteiger partial charge in [0.25, 0.3) is 0 Å². The van der Waals surface area contributed by atoms with Gasteiger partial charge in [-0.25, -0.2) is 6.57 Å². The molecule has 68 valence electrons. The number of para-hydroxylation sites is 1. The van der Waals surface area contributed by atoms with Gasteiger partial charge in [-0.1, -0.05) is 12.1 Å². The van der Waals surface area contributed by atoms with Crippen molar-refractivity contribution in [1.82, 2.24) is 0 Å². The zero-order chi connectivity index (χ0) is 9.68. The summed E-state index contributed by atoms with van der Waals surface area (Å²) in [5.41, 5.74) is 0.972. The minimum absolute atomic E-state index is 0.122. The van der Waals surface area contributed by atoms with E-state index in [0.29, 0.717) is 6.61 Å². The first-order valence-corrected chi connectivity index (χ1v) is 4.38. The van der Waals surface area contributed by atoms with Gasteiger partial charge in [0, 0.05) is 6.92 Å². The first kappa shape index (κ1) is 9.60. The summed E-state index contributed by atoms with van der Waals surface area (Å²) in [6.45, 7) is 11.4. The Morgan fingerprint density at radius 2 is 2.15 bits per heavy atom. The van der Waals surface area contributed by atoms with E-state index < -0.39 is 0 Å². The lowest BCUT2D eigenvalue weighted by molar-refractivity contribution is 0.336. The summed E-state index contributed by atoms with van der Waals surface area (Å²) in [7, 11) is 0. The lowest BCUT2D eigenvalue weighted by Gasteiger charge is -2.08. The van der Waals surface area contributed by atoms with Crippen molar-refractivity contribution in [2.45, 2.75) is 19.9 Å². The maximum Gasteiger partial charge on any atom is 0.249 e. The van der Waals surface area contributed by atoms with Gasteiger partial charge in [-0.2, -0.15) is 0 Å². The van der Waals surface area contributed by atoms with Gasteiger partial charge in [-0.05, 0) is 19.1 Å².